The Kier molecular flexibility index (Phi) is 6.62. The van der Waals surface area contributed by atoms with Gasteiger partial charge in [-0.05, 0) is 70.2 Å². The van der Waals surface area contributed by atoms with Crippen molar-refractivity contribution in [3.05, 3.63) is 52.6 Å². The summed E-state index contributed by atoms with van der Waals surface area (Å²) in [6.45, 7) is 5.46. The van der Waals surface area contributed by atoms with Gasteiger partial charge in [-0.15, -0.1) is 0 Å². The SMILES string of the molecule is CC12CCC(C(C)(C)O)C(C1)c1c(O)cc3c(c1O2)CC(OC(=O)c1cc(O)c(O)c(O)c1)C(c1cc(O)c(O)c(O)c1)O3. The number of hydrogen-bond donors (Lipinski definition) is 8. The van der Waals surface area contributed by atoms with Gasteiger partial charge in [-0.25, -0.2) is 4.79 Å². The van der Waals surface area contributed by atoms with Gasteiger partial charge in [0, 0.05) is 35.1 Å². The van der Waals surface area contributed by atoms with Gasteiger partial charge < -0.3 is 55.1 Å². The van der Waals surface area contributed by atoms with E-state index in [1.807, 2.05) is 6.92 Å². The molecule has 12 heteroatoms. The van der Waals surface area contributed by atoms with Gasteiger partial charge >= 0.3 is 5.97 Å². The number of fused-ring (bicyclic) bond motifs is 6. The van der Waals surface area contributed by atoms with Crippen molar-refractivity contribution in [1.82, 2.24) is 0 Å². The van der Waals surface area contributed by atoms with E-state index < -0.39 is 63.9 Å². The molecule has 5 atom stereocenters. The molecule has 0 spiro atoms. The van der Waals surface area contributed by atoms with Crippen molar-refractivity contribution in [3.8, 4) is 51.7 Å². The summed E-state index contributed by atoms with van der Waals surface area (Å²) < 4.78 is 18.6. The largest absolute Gasteiger partial charge is 0.507 e. The fourth-order valence-corrected chi connectivity index (χ4v) is 6.94. The van der Waals surface area contributed by atoms with Crippen LogP contribution in [0, 0.1) is 5.92 Å². The highest BCUT2D eigenvalue weighted by Crippen LogP contribution is 2.60. The third-order valence-electron chi connectivity index (χ3n) is 9.09. The van der Waals surface area contributed by atoms with Gasteiger partial charge in [0.2, 0.25) is 0 Å². The van der Waals surface area contributed by atoms with Gasteiger partial charge in [-0.2, -0.15) is 0 Å². The van der Waals surface area contributed by atoms with E-state index in [0.717, 1.165) is 24.3 Å². The van der Waals surface area contributed by atoms with Crippen LogP contribution in [0.1, 0.15) is 79.1 Å². The number of phenolic OH excluding ortho intramolecular Hbond substituents is 7. The molecule has 3 aromatic carbocycles. The van der Waals surface area contributed by atoms with E-state index >= 15 is 0 Å². The van der Waals surface area contributed by atoms with Crippen LogP contribution in [0.5, 0.6) is 51.7 Å². The lowest BCUT2D eigenvalue weighted by atomic mass is 9.62. The zero-order valence-electron chi connectivity index (χ0n) is 24.2. The summed E-state index contributed by atoms with van der Waals surface area (Å²) >= 11 is 0. The summed E-state index contributed by atoms with van der Waals surface area (Å²) in [6, 6.07) is 5.54. The Bertz CT molecular complexity index is 1630. The summed E-state index contributed by atoms with van der Waals surface area (Å²) in [5.74, 6) is -5.29. The maximum absolute atomic E-state index is 13.3. The van der Waals surface area contributed by atoms with Gasteiger partial charge in [-0.1, -0.05) is 0 Å². The molecule has 0 saturated heterocycles. The van der Waals surface area contributed by atoms with Crippen molar-refractivity contribution in [2.24, 2.45) is 5.92 Å². The van der Waals surface area contributed by atoms with Crippen LogP contribution < -0.4 is 9.47 Å². The Morgan fingerprint density at radius 1 is 0.909 bits per heavy atom. The van der Waals surface area contributed by atoms with Crippen molar-refractivity contribution >= 4 is 5.97 Å². The number of hydrogen-bond acceptors (Lipinski definition) is 12. The smallest absolute Gasteiger partial charge is 0.338 e. The summed E-state index contributed by atoms with van der Waals surface area (Å²) in [4.78, 5) is 13.3. The number of carbonyl (C=O) groups excluding carboxylic acids is 1. The second kappa shape index (κ2) is 9.91. The van der Waals surface area contributed by atoms with E-state index in [-0.39, 0.29) is 40.9 Å². The molecule has 2 bridgehead atoms. The zero-order chi connectivity index (χ0) is 31.9. The van der Waals surface area contributed by atoms with E-state index in [0.29, 0.717) is 36.1 Å². The number of ether oxygens (including phenoxy) is 3. The molecule has 1 saturated carbocycles. The Morgan fingerprint density at radius 2 is 1.50 bits per heavy atom. The Hall–Kier alpha value is -4.71. The Morgan fingerprint density at radius 3 is 2.09 bits per heavy atom. The average molecular weight is 611 g/mol. The Labute approximate surface area is 251 Å². The van der Waals surface area contributed by atoms with E-state index in [1.54, 1.807) is 13.8 Å². The lowest BCUT2D eigenvalue weighted by molar-refractivity contribution is -0.0683. The van der Waals surface area contributed by atoms with E-state index in [1.165, 1.54) is 6.07 Å². The average Bonchev–Trinajstić information content (AvgIpc) is 2.93. The quantitative estimate of drug-likeness (QED) is 0.153. The molecule has 8 N–H and O–H groups in total. The Balaban J connectivity index is 1.46. The molecule has 2 aliphatic heterocycles. The maximum Gasteiger partial charge on any atom is 0.338 e. The summed E-state index contributed by atoms with van der Waals surface area (Å²) in [7, 11) is 0. The summed E-state index contributed by atoms with van der Waals surface area (Å²) in [5.41, 5.74) is -0.775. The van der Waals surface area contributed by atoms with Crippen LogP contribution in [-0.2, 0) is 11.2 Å². The van der Waals surface area contributed by atoms with E-state index in [2.05, 4.69) is 0 Å². The van der Waals surface area contributed by atoms with Crippen LogP contribution in [0.2, 0.25) is 0 Å². The second-order valence-electron chi connectivity index (χ2n) is 12.7. The molecular weight excluding hydrogens is 576 g/mol. The van der Waals surface area contributed by atoms with Gasteiger partial charge in [0.05, 0.1) is 11.2 Å². The van der Waals surface area contributed by atoms with Crippen molar-refractivity contribution in [3.63, 3.8) is 0 Å². The number of aliphatic hydroxyl groups is 1. The molecule has 5 unspecified atom stereocenters. The predicted octanol–water partition coefficient (Wildman–Crippen LogP) is 4.33. The van der Waals surface area contributed by atoms with E-state index in [9.17, 15) is 45.6 Å². The monoisotopic (exact) mass is 610 g/mol. The number of phenols is 7. The van der Waals surface area contributed by atoms with Crippen molar-refractivity contribution in [2.45, 2.75) is 75.8 Å². The van der Waals surface area contributed by atoms with Crippen LogP contribution in [-0.4, -0.2) is 64.1 Å². The molecule has 2 heterocycles. The molecule has 44 heavy (non-hydrogen) atoms. The highest BCUT2D eigenvalue weighted by Gasteiger charge is 2.52. The third kappa shape index (κ3) is 4.79. The minimum atomic E-state index is -1.18. The van der Waals surface area contributed by atoms with Gasteiger partial charge in [-0.3, -0.25) is 0 Å². The number of esters is 1. The first kappa shape index (κ1) is 29.4. The third-order valence-corrected chi connectivity index (χ3v) is 9.09. The first-order valence-corrected chi connectivity index (χ1v) is 14.2. The molecular formula is C32H34O12. The van der Waals surface area contributed by atoms with Gasteiger partial charge in [0.1, 0.15) is 29.0 Å². The van der Waals surface area contributed by atoms with Crippen molar-refractivity contribution in [1.29, 1.82) is 0 Å². The van der Waals surface area contributed by atoms with Crippen LogP contribution in [0.25, 0.3) is 0 Å². The minimum absolute atomic E-state index is 0.0250. The van der Waals surface area contributed by atoms with Gasteiger partial charge in [0.15, 0.2) is 40.6 Å². The van der Waals surface area contributed by atoms with Crippen LogP contribution >= 0.6 is 0 Å². The summed E-state index contributed by atoms with van der Waals surface area (Å²) in [6.07, 6.45) is -0.452. The molecule has 12 nitrogen and oxygen atoms in total. The number of aromatic hydroxyl groups is 7. The molecule has 3 aliphatic rings. The van der Waals surface area contributed by atoms with Gasteiger partial charge in [0.25, 0.3) is 0 Å². The predicted molar refractivity (Wildman–Crippen MR) is 153 cm³/mol. The molecule has 6 rings (SSSR count). The molecule has 0 aromatic heterocycles. The minimum Gasteiger partial charge on any atom is -0.507 e. The van der Waals surface area contributed by atoms with Crippen LogP contribution in [0.3, 0.4) is 0 Å². The highest BCUT2D eigenvalue weighted by molar-refractivity contribution is 5.91. The first-order valence-electron chi connectivity index (χ1n) is 14.2. The molecule has 0 amide bonds. The molecule has 1 fully saturated rings. The van der Waals surface area contributed by atoms with Crippen molar-refractivity contribution < 1.29 is 59.9 Å². The first-order chi connectivity index (χ1) is 20.6. The highest BCUT2D eigenvalue weighted by atomic mass is 16.6. The second-order valence-corrected chi connectivity index (χ2v) is 12.7. The number of benzene rings is 3. The van der Waals surface area contributed by atoms with Crippen LogP contribution in [0.15, 0.2) is 30.3 Å². The lowest BCUT2D eigenvalue weighted by Crippen LogP contribution is -2.49. The van der Waals surface area contributed by atoms with Crippen LogP contribution in [0.4, 0.5) is 0 Å². The zero-order valence-corrected chi connectivity index (χ0v) is 24.2. The lowest BCUT2D eigenvalue weighted by Gasteiger charge is -2.51. The molecule has 0 radical (unpaired) electrons. The standard InChI is InChI=1S/C32H34O12/c1-31(2,41)17-4-5-32(3)12-16(17)25-18(33)11-23-15(29(25)44-32)10-24(28(42-23)13-6-19(34)26(38)20(35)7-13)43-30(40)14-8-21(36)27(39)22(37)9-14/h6-9,11,16-17,24,28,33-39,41H,4-5,10,12H2,1-3H3. The molecule has 3 aromatic rings. The van der Waals surface area contributed by atoms with Crippen molar-refractivity contribution in [2.75, 3.05) is 0 Å². The topological polar surface area (TPSA) is 207 Å². The van der Waals surface area contributed by atoms with E-state index in [4.69, 9.17) is 14.2 Å². The normalized spacial score (nSPS) is 25.6. The summed E-state index contributed by atoms with van der Waals surface area (Å²) in [5, 5.41) is 82.3. The fourth-order valence-electron chi connectivity index (χ4n) is 6.94. The fraction of sp³-hybridized carbons (Fsp3) is 0.406. The maximum atomic E-state index is 13.3. The number of rotatable bonds is 4. The molecule has 1 aliphatic carbocycles. The molecule has 234 valence electrons. The number of carbonyl (C=O) groups is 1.